The number of nitrogens with two attached hydrogens (primary N) is 1. The van der Waals surface area contributed by atoms with Gasteiger partial charge in [-0.25, -0.2) is 0 Å². The SMILES string of the molecule is NCC1CCCCN1C1CCCCC1O. The van der Waals surface area contributed by atoms with Gasteiger partial charge in [0, 0.05) is 18.6 Å². The van der Waals surface area contributed by atoms with Gasteiger partial charge in [0.1, 0.15) is 0 Å². The number of hydrogen-bond donors (Lipinski definition) is 2. The molecule has 1 saturated carbocycles. The van der Waals surface area contributed by atoms with Gasteiger partial charge in [-0.3, -0.25) is 4.90 Å². The Morgan fingerprint density at radius 3 is 2.53 bits per heavy atom. The summed E-state index contributed by atoms with van der Waals surface area (Å²) in [5.74, 6) is 0. The third kappa shape index (κ3) is 2.52. The number of nitrogens with zero attached hydrogens (tertiary/aromatic N) is 1. The number of aliphatic hydroxyl groups excluding tert-OH is 1. The minimum atomic E-state index is -0.106. The highest BCUT2D eigenvalue weighted by molar-refractivity contribution is 4.89. The summed E-state index contributed by atoms with van der Waals surface area (Å²) in [7, 11) is 0. The van der Waals surface area contributed by atoms with Crippen LogP contribution in [0.5, 0.6) is 0 Å². The predicted octanol–water partition coefficient (Wildman–Crippen LogP) is 1.10. The van der Waals surface area contributed by atoms with E-state index in [1.807, 2.05) is 0 Å². The van der Waals surface area contributed by atoms with Gasteiger partial charge in [0.25, 0.3) is 0 Å². The largest absolute Gasteiger partial charge is 0.391 e. The standard InChI is InChI=1S/C12H24N2O/c13-9-10-5-3-4-8-14(10)11-6-1-2-7-12(11)15/h10-12,15H,1-9,13H2. The van der Waals surface area contributed by atoms with Gasteiger partial charge in [0.15, 0.2) is 0 Å². The van der Waals surface area contributed by atoms with E-state index in [0.717, 1.165) is 25.9 Å². The first-order valence-electron chi connectivity index (χ1n) is 6.47. The van der Waals surface area contributed by atoms with Crippen LogP contribution in [0.1, 0.15) is 44.9 Å². The fourth-order valence-electron chi connectivity index (χ4n) is 3.19. The molecule has 3 atom stereocenters. The highest BCUT2D eigenvalue weighted by atomic mass is 16.3. The Bertz CT molecular complexity index is 198. The van der Waals surface area contributed by atoms with Gasteiger partial charge in [0.2, 0.25) is 0 Å². The van der Waals surface area contributed by atoms with Crippen LogP contribution < -0.4 is 5.73 Å². The molecule has 1 aliphatic carbocycles. The van der Waals surface area contributed by atoms with Crippen LogP contribution in [0.2, 0.25) is 0 Å². The first-order valence-corrected chi connectivity index (χ1v) is 6.47. The maximum atomic E-state index is 10.1. The van der Waals surface area contributed by atoms with Crippen molar-refractivity contribution in [2.45, 2.75) is 63.1 Å². The molecule has 2 aliphatic rings. The monoisotopic (exact) mass is 212 g/mol. The Labute approximate surface area is 92.6 Å². The van der Waals surface area contributed by atoms with Crippen molar-refractivity contribution < 1.29 is 5.11 Å². The molecule has 3 N–H and O–H groups in total. The van der Waals surface area contributed by atoms with E-state index >= 15 is 0 Å². The molecule has 0 radical (unpaired) electrons. The lowest BCUT2D eigenvalue weighted by molar-refractivity contribution is -0.0127. The van der Waals surface area contributed by atoms with Crippen LogP contribution in [0.25, 0.3) is 0 Å². The Morgan fingerprint density at radius 2 is 1.80 bits per heavy atom. The zero-order chi connectivity index (χ0) is 10.7. The van der Waals surface area contributed by atoms with Gasteiger partial charge < -0.3 is 10.8 Å². The Kier molecular flexibility index (Phi) is 4.00. The van der Waals surface area contributed by atoms with E-state index in [2.05, 4.69) is 4.90 Å². The fourth-order valence-corrected chi connectivity index (χ4v) is 3.19. The average Bonchev–Trinajstić information content (AvgIpc) is 2.30. The normalized spacial score (nSPS) is 39.2. The summed E-state index contributed by atoms with van der Waals surface area (Å²) in [6.07, 6.45) is 8.32. The number of likely N-dealkylation sites (tertiary alicyclic amines) is 1. The lowest BCUT2D eigenvalue weighted by Crippen LogP contribution is -2.54. The summed E-state index contributed by atoms with van der Waals surface area (Å²) >= 11 is 0. The smallest absolute Gasteiger partial charge is 0.0695 e. The van der Waals surface area contributed by atoms with Gasteiger partial charge in [-0.05, 0) is 32.2 Å². The molecule has 0 aromatic heterocycles. The zero-order valence-corrected chi connectivity index (χ0v) is 9.57. The Hall–Kier alpha value is -0.120. The van der Waals surface area contributed by atoms with Crippen molar-refractivity contribution in [3.05, 3.63) is 0 Å². The second kappa shape index (κ2) is 5.28. The van der Waals surface area contributed by atoms with Crippen LogP contribution in [0, 0.1) is 0 Å². The van der Waals surface area contributed by atoms with Gasteiger partial charge in [-0.15, -0.1) is 0 Å². The van der Waals surface area contributed by atoms with Gasteiger partial charge >= 0.3 is 0 Å². The highest BCUT2D eigenvalue weighted by Crippen LogP contribution is 2.28. The number of hydrogen-bond acceptors (Lipinski definition) is 3. The predicted molar refractivity (Wildman–Crippen MR) is 61.7 cm³/mol. The van der Waals surface area contributed by atoms with Crippen molar-refractivity contribution in [3.63, 3.8) is 0 Å². The van der Waals surface area contributed by atoms with Crippen LogP contribution in [0.4, 0.5) is 0 Å². The van der Waals surface area contributed by atoms with E-state index in [9.17, 15) is 5.11 Å². The van der Waals surface area contributed by atoms with Gasteiger partial charge in [-0.2, -0.15) is 0 Å². The Balaban J connectivity index is 1.99. The van der Waals surface area contributed by atoms with Gasteiger partial charge in [-0.1, -0.05) is 19.3 Å². The summed E-state index contributed by atoms with van der Waals surface area (Å²) in [4.78, 5) is 2.49. The lowest BCUT2D eigenvalue weighted by Gasteiger charge is -2.44. The third-order valence-electron chi connectivity index (χ3n) is 4.06. The van der Waals surface area contributed by atoms with Crippen molar-refractivity contribution in [1.29, 1.82) is 0 Å². The first kappa shape index (κ1) is 11.4. The van der Waals surface area contributed by atoms with E-state index < -0.39 is 0 Å². The third-order valence-corrected chi connectivity index (χ3v) is 4.06. The summed E-state index contributed by atoms with van der Waals surface area (Å²) in [6, 6.07) is 0.920. The van der Waals surface area contributed by atoms with Crippen LogP contribution in [-0.4, -0.2) is 41.3 Å². The van der Waals surface area contributed by atoms with Crippen molar-refractivity contribution in [1.82, 2.24) is 4.90 Å². The van der Waals surface area contributed by atoms with Gasteiger partial charge in [0.05, 0.1) is 6.10 Å². The van der Waals surface area contributed by atoms with E-state index in [-0.39, 0.29) is 6.10 Å². The quantitative estimate of drug-likeness (QED) is 0.721. The van der Waals surface area contributed by atoms with E-state index in [0.29, 0.717) is 12.1 Å². The molecule has 1 aliphatic heterocycles. The van der Waals surface area contributed by atoms with Crippen LogP contribution in [-0.2, 0) is 0 Å². The van der Waals surface area contributed by atoms with Crippen molar-refractivity contribution in [3.8, 4) is 0 Å². The molecular weight excluding hydrogens is 188 g/mol. The molecule has 15 heavy (non-hydrogen) atoms. The summed E-state index contributed by atoms with van der Waals surface area (Å²) in [5.41, 5.74) is 5.82. The molecule has 2 rings (SSSR count). The van der Waals surface area contributed by atoms with Crippen LogP contribution in [0.3, 0.4) is 0 Å². The second-order valence-electron chi connectivity index (χ2n) is 5.04. The first-order chi connectivity index (χ1) is 7.33. The minimum Gasteiger partial charge on any atom is -0.391 e. The molecule has 0 aromatic rings. The van der Waals surface area contributed by atoms with E-state index in [1.165, 1.54) is 32.1 Å². The van der Waals surface area contributed by atoms with Crippen LogP contribution >= 0.6 is 0 Å². The molecule has 1 saturated heterocycles. The topological polar surface area (TPSA) is 49.5 Å². The minimum absolute atomic E-state index is 0.106. The average molecular weight is 212 g/mol. The molecule has 88 valence electrons. The molecule has 0 amide bonds. The fraction of sp³-hybridized carbons (Fsp3) is 1.00. The molecule has 1 heterocycles. The molecule has 3 unspecified atom stereocenters. The zero-order valence-electron chi connectivity index (χ0n) is 9.57. The maximum Gasteiger partial charge on any atom is 0.0695 e. The molecule has 3 heteroatoms. The number of aliphatic hydroxyl groups is 1. The van der Waals surface area contributed by atoms with Crippen molar-refractivity contribution in [2.75, 3.05) is 13.1 Å². The van der Waals surface area contributed by atoms with Crippen molar-refractivity contribution in [2.24, 2.45) is 5.73 Å². The molecule has 2 fully saturated rings. The highest BCUT2D eigenvalue weighted by Gasteiger charge is 2.33. The molecule has 3 nitrogen and oxygen atoms in total. The summed E-state index contributed by atoms with van der Waals surface area (Å²) < 4.78 is 0. The van der Waals surface area contributed by atoms with E-state index in [4.69, 9.17) is 5.73 Å². The van der Waals surface area contributed by atoms with E-state index in [1.54, 1.807) is 0 Å². The lowest BCUT2D eigenvalue weighted by atomic mass is 9.88. The van der Waals surface area contributed by atoms with Crippen molar-refractivity contribution >= 4 is 0 Å². The number of rotatable bonds is 2. The molecular formula is C12H24N2O. The maximum absolute atomic E-state index is 10.1. The van der Waals surface area contributed by atoms with Crippen LogP contribution in [0.15, 0.2) is 0 Å². The molecule has 0 spiro atoms. The molecule has 0 aromatic carbocycles. The summed E-state index contributed by atoms with van der Waals surface area (Å²) in [5, 5.41) is 10.1. The molecule has 0 bridgehead atoms. The summed E-state index contributed by atoms with van der Waals surface area (Å²) in [6.45, 7) is 1.90. The second-order valence-corrected chi connectivity index (χ2v) is 5.04. The Morgan fingerprint density at radius 1 is 1.07 bits per heavy atom. The number of piperidine rings is 1.